The Balaban J connectivity index is 2.62. The molecule has 0 aliphatic carbocycles. The van der Waals surface area contributed by atoms with Crippen LogP contribution in [0.5, 0.6) is 0 Å². The Morgan fingerprint density at radius 3 is 2.81 bits per heavy atom. The van der Waals surface area contributed by atoms with Crippen LogP contribution in [0, 0.1) is 6.92 Å². The van der Waals surface area contributed by atoms with Gasteiger partial charge in [0.1, 0.15) is 5.82 Å². The van der Waals surface area contributed by atoms with Crippen LogP contribution in [-0.2, 0) is 5.41 Å². The lowest BCUT2D eigenvalue weighted by Crippen LogP contribution is -2.33. The van der Waals surface area contributed by atoms with Gasteiger partial charge in [-0.05, 0) is 31.0 Å². The molecule has 2 aromatic heterocycles. The molecule has 2 aromatic rings. The summed E-state index contributed by atoms with van der Waals surface area (Å²) in [5, 5.41) is 8.48. The maximum absolute atomic E-state index is 5.85. The molecule has 16 heavy (non-hydrogen) atoms. The molecular weight excluding hydrogens is 200 g/mol. The summed E-state index contributed by atoms with van der Waals surface area (Å²) < 4.78 is 2.03. The Labute approximate surface area is 95.5 Å². The molecule has 0 saturated carbocycles. The molecule has 86 valence electrons. The second-order valence-electron chi connectivity index (χ2n) is 4.57. The maximum atomic E-state index is 5.85. The van der Waals surface area contributed by atoms with Gasteiger partial charge in [0.05, 0.1) is 0 Å². The standard InChI is InChI=1S/C12H18N4/c1-4-12(3,8-13)11-15-14-10-7-9(2)5-6-16(10)11/h5-7H,4,8,13H2,1-3H3. The summed E-state index contributed by atoms with van der Waals surface area (Å²) in [5.41, 5.74) is 7.83. The first-order valence-corrected chi connectivity index (χ1v) is 5.62. The SMILES string of the molecule is CCC(C)(CN)c1nnc2cc(C)ccn12. The molecule has 0 aromatic carbocycles. The Hall–Kier alpha value is -1.42. The van der Waals surface area contributed by atoms with Crippen molar-refractivity contribution < 1.29 is 0 Å². The molecule has 0 aliphatic rings. The van der Waals surface area contributed by atoms with Crippen LogP contribution in [0.25, 0.3) is 5.65 Å². The predicted octanol–water partition coefficient (Wildman–Crippen LogP) is 1.66. The fraction of sp³-hybridized carbons (Fsp3) is 0.500. The average molecular weight is 218 g/mol. The molecule has 0 fully saturated rings. The topological polar surface area (TPSA) is 56.2 Å². The number of nitrogens with zero attached hydrogens (tertiary/aromatic N) is 3. The molecule has 0 radical (unpaired) electrons. The van der Waals surface area contributed by atoms with Crippen LogP contribution in [0.15, 0.2) is 18.3 Å². The summed E-state index contributed by atoms with van der Waals surface area (Å²) >= 11 is 0. The van der Waals surface area contributed by atoms with Crippen LogP contribution in [0.2, 0.25) is 0 Å². The first kappa shape index (κ1) is 11.1. The summed E-state index contributed by atoms with van der Waals surface area (Å²) in [6, 6.07) is 4.09. The molecule has 0 aliphatic heterocycles. The lowest BCUT2D eigenvalue weighted by Gasteiger charge is -2.23. The summed E-state index contributed by atoms with van der Waals surface area (Å²) in [5.74, 6) is 0.951. The highest BCUT2D eigenvalue weighted by atomic mass is 15.3. The smallest absolute Gasteiger partial charge is 0.161 e. The van der Waals surface area contributed by atoms with E-state index < -0.39 is 0 Å². The van der Waals surface area contributed by atoms with Crippen LogP contribution in [-0.4, -0.2) is 21.1 Å². The van der Waals surface area contributed by atoms with Gasteiger partial charge >= 0.3 is 0 Å². The van der Waals surface area contributed by atoms with Crippen LogP contribution in [0.3, 0.4) is 0 Å². The van der Waals surface area contributed by atoms with E-state index in [1.54, 1.807) is 0 Å². The highest BCUT2D eigenvalue weighted by Gasteiger charge is 2.28. The second-order valence-corrected chi connectivity index (χ2v) is 4.57. The molecule has 2 rings (SSSR count). The van der Waals surface area contributed by atoms with Crippen LogP contribution >= 0.6 is 0 Å². The van der Waals surface area contributed by atoms with Crippen molar-refractivity contribution in [3.8, 4) is 0 Å². The average Bonchev–Trinajstić information content (AvgIpc) is 2.71. The van der Waals surface area contributed by atoms with Gasteiger partial charge in [-0.3, -0.25) is 4.40 Å². The summed E-state index contributed by atoms with van der Waals surface area (Å²) in [4.78, 5) is 0. The van der Waals surface area contributed by atoms with Gasteiger partial charge in [0.15, 0.2) is 5.65 Å². The van der Waals surface area contributed by atoms with Gasteiger partial charge in [-0.15, -0.1) is 10.2 Å². The van der Waals surface area contributed by atoms with Gasteiger partial charge in [0.2, 0.25) is 0 Å². The predicted molar refractivity (Wildman–Crippen MR) is 64.4 cm³/mol. The van der Waals surface area contributed by atoms with Crippen molar-refractivity contribution in [2.24, 2.45) is 5.73 Å². The van der Waals surface area contributed by atoms with E-state index in [1.165, 1.54) is 5.56 Å². The van der Waals surface area contributed by atoms with E-state index in [9.17, 15) is 0 Å². The Bertz CT molecular complexity index is 497. The van der Waals surface area contributed by atoms with E-state index in [4.69, 9.17) is 5.73 Å². The van der Waals surface area contributed by atoms with Crippen LogP contribution in [0.1, 0.15) is 31.7 Å². The molecule has 1 unspecified atom stereocenters. The van der Waals surface area contributed by atoms with Crippen molar-refractivity contribution in [2.75, 3.05) is 6.54 Å². The lowest BCUT2D eigenvalue weighted by molar-refractivity contribution is 0.434. The van der Waals surface area contributed by atoms with Gasteiger partial charge in [-0.1, -0.05) is 13.8 Å². The van der Waals surface area contributed by atoms with E-state index >= 15 is 0 Å². The number of hydrogen-bond acceptors (Lipinski definition) is 3. The van der Waals surface area contributed by atoms with Crippen molar-refractivity contribution in [3.05, 3.63) is 29.7 Å². The summed E-state index contributed by atoms with van der Waals surface area (Å²) in [6.45, 7) is 6.89. The molecule has 0 amide bonds. The highest BCUT2D eigenvalue weighted by molar-refractivity contribution is 5.41. The molecule has 0 bridgehead atoms. The summed E-state index contributed by atoms with van der Waals surface area (Å²) in [7, 11) is 0. The molecule has 4 heteroatoms. The largest absolute Gasteiger partial charge is 0.329 e. The number of rotatable bonds is 3. The van der Waals surface area contributed by atoms with Gasteiger partial charge < -0.3 is 5.73 Å². The van der Waals surface area contributed by atoms with E-state index in [1.807, 2.05) is 16.7 Å². The quantitative estimate of drug-likeness (QED) is 0.852. The summed E-state index contributed by atoms with van der Waals surface area (Å²) in [6.07, 6.45) is 2.97. The highest BCUT2D eigenvalue weighted by Crippen LogP contribution is 2.25. The molecule has 2 N–H and O–H groups in total. The van der Waals surface area contributed by atoms with Gasteiger partial charge in [-0.2, -0.15) is 0 Å². The fourth-order valence-corrected chi connectivity index (χ4v) is 1.80. The number of pyridine rings is 1. The van der Waals surface area contributed by atoms with E-state index in [0.717, 1.165) is 17.9 Å². The number of aryl methyl sites for hydroxylation is 1. The van der Waals surface area contributed by atoms with Crippen LogP contribution in [0.4, 0.5) is 0 Å². The molecule has 1 atom stereocenters. The Morgan fingerprint density at radius 1 is 1.44 bits per heavy atom. The zero-order valence-electron chi connectivity index (χ0n) is 10.1. The van der Waals surface area contributed by atoms with Crippen molar-refractivity contribution >= 4 is 5.65 Å². The first-order valence-electron chi connectivity index (χ1n) is 5.62. The van der Waals surface area contributed by atoms with Gasteiger partial charge in [0, 0.05) is 18.2 Å². The van der Waals surface area contributed by atoms with Crippen molar-refractivity contribution in [1.29, 1.82) is 0 Å². The molecule has 2 heterocycles. The van der Waals surface area contributed by atoms with E-state index in [-0.39, 0.29) is 5.41 Å². The second kappa shape index (κ2) is 3.87. The Morgan fingerprint density at radius 2 is 2.19 bits per heavy atom. The van der Waals surface area contributed by atoms with E-state index in [0.29, 0.717) is 6.54 Å². The normalized spacial score (nSPS) is 15.2. The number of aromatic nitrogens is 3. The molecular formula is C12H18N4. The zero-order valence-corrected chi connectivity index (χ0v) is 10.1. The van der Waals surface area contributed by atoms with E-state index in [2.05, 4.69) is 37.0 Å². The molecule has 0 saturated heterocycles. The van der Waals surface area contributed by atoms with Crippen molar-refractivity contribution in [3.63, 3.8) is 0 Å². The lowest BCUT2D eigenvalue weighted by atomic mass is 9.87. The minimum Gasteiger partial charge on any atom is -0.329 e. The first-order chi connectivity index (χ1) is 7.60. The molecule has 0 spiro atoms. The molecule has 4 nitrogen and oxygen atoms in total. The van der Waals surface area contributed by atoms with Gasteiger partial charge in [-0.25, -0.2) is 0 Å². The van der Waals surface area contributed by atoms with Crippen LogP contribution < -0.4 is 5.73 Å². The minimum atomic E-state index is -0.103. The zero-order chi connectivity index (χ0) is 11.8. The number of nitrogens with two attached hydrogens (primary N) is 1. The maximum Gasteiger partial charge on any atom is 0.161 e. The monoisotopic (exact) mass is 218 g/mol. The Kier molecular flexibility index (Phi) is 2.68. The minimum absolute atomic E-state index is 0.103. The number of fused-ring (bicyclic) bond motifs is 1. The van der Waals surface area contributed by atoms with Crippen molar-refractivity contribution in [1.82, 2.24) is 14.6 Å². The van der Waals surface area contributed by atoms with Gasteiger partial charge in [0.25, 0.3) is 0 Å². The number of hydrogen-bond donors (Lipinski definition) is 1. The van der Waals surface area contributed by atoms with Crippen molar-refractivity contribution in [2.45, 2.75) is 32.6 Å². The third-order valence-corrected chi connectivity index (χ3v) is 3.34. The fourth-order valence-electron chi connectivity index (χ4n) is 1.80. The third kappa shape index (κ3) is 1.59. The third-order valence-electron chi connectivity index (χ3n) is 3.34.